The summed E-state index contributed by atoms with van der Waals surface area (Å²) in [7, 11) is -1.45. The Morgan fingerprint density at radius 2 is 1.97 bits per heavy atom. The number of anilines is 1. The summed E-state index contributed by atoms with van der Waals surface area (Å²) in [6.45, 7) is 5.41. The van der Waals surface area contributed by atoms with Crippen LogP contribution in [0.25, 0.3) is 16.9 Å². The number of rotatable bonds is 8. The van der Waals surface area contributed by atoms with Gasteiger partial charge >= 0.3 is 0 Å². The summed E-state index contributed by atoms with van der Waals surface area (Å²) in [4.78, 5) is 7.08. The Balaban J connectivity index is 1.50. The molecule has 1 fully saturated rings. The van der Waals surface area contributed by atoms with Crippen molar-refractivity contribution in [1.29, 1.82) is 0 Å². The van der Waals surface area contributed by atoms with E-state index in [1.54, 1.807) is 19.2 Å². The molecule has 0 radical (unpaired) electrons. The van der Waals surface area contributed by atoms with Gasteiger partial charge in [0.05, 0.1) is 35.9 Å². The van der Waals surface area contributed by atoms with E-state index < -0.39 is 9.84 Å². The molecule has 0 spiro atoms. The van der Waals surface area contributed by atoms with Crippen molar-refractivity contribution in [3.63, 3.8) is 0 Å². The molecule has 0 saturated carbocycles. The monoisotopic (exact) mass is 505 g/mol. The van der Waals surface area contributed by atoms with E-state index >= 15 is 0 Å². The third-order valence-corrected chi connectivity index (χ3v) is 8.77. The van der Waals surface area contributed by atoms with Crippen LogP contribution in [-0.4, -0.2) is 54.6 Å². The van der Waals surface area contributed by atoms with Crippen molar-refractivity contribution in [3.05, 3.63) is 47.2 Å². The maximum absolute atomic E-state index is 12.4. The quantitative estimate of drug-likeness (QED) is 0.487. The number of pyridine rings is 1. The highest BCUT2D eigenvalue weighted by atomic mass is 35.5. The molecule has 1 saturated heterocycles. The van der Waals surface area contributed by atoms with Crippen molar-refractivity contribution in [2.24, 2.45) is 11.8 Å². The molecule has 1 aliphatic rings. The number of ether oxygens (including phenoxy) is 1. The van der Waals surface area contributed by atoms with Crippen LogP contribution in [0.4, 0.5) is 5.69 Å². The fraction of sp³-hybridized carbons (Fsp3) is 0.480. The molecule has 0 amide bonds. The van der Waals surface area contributed by atoms with Gasteiger partial charge in [0.1, 0.15) is 11.4 Å². The first-order chi connectivity index (χ1) is 16.2. The van der Waals surface area contributed by atoms with Crippen molar-refractivity contribution in [1.82, 2.24) is 9.38 Å². The van der Waals surface area contributed by atoms with Gasteiger partial charge in [0.2, 0.25) is 0 Å². The number of aliphatic hydroxyl groups excluding tert-OH is 1. The fourth-order valence-corrected chi connectivity index (χ4v) is 7.16. The SMILES string of the molecule is COc1cc(CO)c(-c2cn3ccc(N4CCC(CS(=O)(=O)CC(C)C)CC4)cc3n2)cc1Cl. The van der Waals surface area contributed by atoms with Crippen molar-refractivity contribution < 1.29 is 18.3 Å². The molecular formula is C25H32ClN3O4S. The molecule has 0 unspecified atom stereocenters. The van der Waals surface area contributed by atoms with Crippen LogP contribution in [0.15, 0.2) is 36.7 Å². The van der Waals surface area contributed by atoms with Gasteiger partial charge in [0.15, 0.2) is 9.84 Å². The second-order valence-electron chi connectivity index (χ2n) is 9.48. The number of hydrogen-bond acceptors (Lipinski definition) is 6. The van der Waals surface area contributed by atoms with Crippen molar-refractivity contribution in [3.8, 4) is 17.0 Å². The number of nitrogens with zero attached hydrogens (tertiary/aromatic N) is 3. The molecule has 3 heterocycles. The Hall–Kier alpha value is -2.29. The number of imidazole rings is 1. The average molecular weight is 506 g/mol. The van der Waals surface area contributed by atoms with Crippen LogP contribution in [0, 0.1) is 11.8 Å². The highest BCUT2D eigenvalue weighted by Crippen LogP contribution is 2.34. The minimum absolute atomic E-state index is 0.149. The van der Waals surface area contributed by atoms with Crippen LogP contribution in [-0.2, 0) is 16.4 Å². The predicted octanol–water partition coefficient (Wildman–Crippen LogP) is 4.44. The molecule has 0 atom stereocenters. The summed E-state index contributed by atoms with van der Waals surface area (Å²) in [5.41, 5.74) is 4.05. The number of halogens is 1. The molecule has 0 aliphatic carbocycles. The van der Waals surface area contributed by atoms with E-state index in [0.717, 1.165) is 48.5 Å². The topological polar surface area (TPSA) is 84.1 Å². The van der Waals surface area contributed by atoms with Crippen LogP contribution < -0.4 is 9.64 Å². The average Bonchev–Trinajstić information content (AvgIpc) is 3.21. The molecule has 3 aromatic rings. The van der Waals surface area contributed by atoms with Crippen LogP contribution in [0.5, 0.6) is 5.75 Å². The Morgan fingerprint density at radius 3 is 2.62 bits per heavy atom. The Morgan fingerprint density at radius 1 is 1.24 bits per heavy atom. The van der Waals surface area contributed by atoms with E-state index in [9.17, 15) is 13.5 Å². The lowest BCUT2D eigenvalue weighted by molar-refractivity contribution is 0.281. The first-order valence-corrected chi connectivity index (χ1v) is 13.8. The number of sulfone groups is 1. The zero-order valence-corrected chi connectivity index (χ0v) is 21.4. The summed E-state index contributed by atoms with van der Waals surface area (Å²) in [5, 5.41) is 10.3. The zero-order valence-electron chi connectivity index (χ0n) is 19.9. The van der Waals surface area contributed by atoms with E-state index in [1.165, 1.54) is 0 Å². The van der Waals surface area contributed by atoms with Crippen molar-refractivity contribution >= 4 is 32.8 Å². The Labute approximate surface area is 206 Å². The van der Waals surface area contributed by atoms with E-state index in [1.807, 2.05) is 36.7 Å². The number of piperidine rings is 1. The summed E-state index contributed by atoms with van der Waals surface area (Å²) in [5.74, 6) is 1.46. The third kappa shape index (κ3) is 5.50. The maximum Gasteiger partial charge on any atom is 0.150 e. The van der Waals surface area contributed by atoms with Crippen LogP contribution >= 0.6 is 11.6 Å². The van der Waals surface area contributed by atoms with Gasteiger partial charge in [-0.1, -0.05) is 25.4 Å². The summed E-state index contributed by atoms with van der Waals surface area (Å²) >= 11 is 6.32. The fourth-order valence-electron chi connectivity index (χ4n) is 4.71. The largest absolute Gasteiger partial charge is 0.495 e. The van der Waals surface area contributed by atoms with E-state index in [-0.39, 0.29) is 24.2 Å². The lowest BCUT2D eigenvalue weighted by Gasteiger charge is -2.33. The van der Waals surface area contributed by atoms with Gasteiger partial charge in [-0.2, -0.15) is 0 Å². The number of hydrogen-bond donors (Lipinski definition) is 1. The van der Waals surface area contributed by atoms with Gasteiger partial charge in [-0.15, -0.1) is 0 Å². The zero-order chi connectivity index (χ0) is 24.5. The number of benzene rings is 1. The molecule has 184 valence electrons. The molecule has 34 heavy (non-hydrogen) atoms. The van der Waals surface area contributed by atoms with E-state index in [0.29, 0.717) is 22.1 Å². The van der Waals surface area contributed by atoms with Gasteiger partial charge in [0.25, 0.3) is 0 Å². The number of aliphatic hydroxyl groups is 1. The predicted molar refractivity (Wildman–Crippen MR) is 137 cm³/mol. The number of fused-ring (bicyclic) bond motifs is 1. The van der Waals surface area contributed by atoms with Crippen LogP contribution in [0.1, 0.15) is 32.3 Å². The summed E-state index contributed by atoms with van der Waals surface area (Å²) < 4.78 is 32.0. The molecule has 2 aromatic heterocycles. The Bertz CT molecular complexity index is 1260. The summed E-state index contributed by atoms with van der Waals surface area (Å²) in [6, 6.07) is 7.61. The first-order valence-electron chi connectivity index (χ1n) is 11.6. The molecule has 1 aliphatic heterocycles. The second kappa shape index (κ2) is 10.1. The molecule has 1 aromatic carbocycles. The van der Waals surface area contributed by atoms with E-state index in [4.69, 9.17) is 21.3 Å². The van der Waals surface area contributed by atoms with Crippen molar-refractivity contribution in [2.45, 2.75) is 33.3 Å². The lowest BCUT2D eigenvalue weighted by atomic mass is 9.98. The molecule has 4 rings (SSSR count). The van der Waals surface area contributed by atoms with Gasteiger partial charge in [0, 0.05) is 42.8 Å². The highest BCUT2D eigenvalue weighted by molar-refractivity contribution is 7.91. The van der Waals surface area contributed by atoms with Crippen LogP contribution in [0.2, 0.25) is 5.02 Å². The minimum Gasteiger partial charge on any atom is -0.495 e. The third-order valence-electron chi connectivity index (χ3n) is 6.32. The van der Waals surface area contributed by atoms with E-state index in [2.05, 4.69) is 11.0 Å². The number of methoxy groups -OCH3 is 1. The molecule has 1 N–H and O–H groups in total. The lowest BCUT2D eigenvalue weighted by Crippen LogP contribution is -2.36. The molecule has 0 bridgehead atoms. The minimum atomic E-state index is -3.00. The van der Waals surface area contributed by atoms with Gasteiger partial charge in [-0.3, -0.25) is 0 Å². The van der Waals surface area contributed by atoms with Gasteiger partial charge < -0.3 is 19.1 Å². The molecule has 7 nitrogen and oxygen atoms in total. The Kier molecular flexibility index (Phi) is 7.40. The number of aromatic nitrogens is 2. The van der Waals surface area contributed by atoms with Crippen LogP contribution in [0.3, 0.4) is 0 Å². The second-order valence-corrected chi connectivity index (χ2v) is 12.0. The van der Waals surface area contributed by atoms with Crippen molar-refractivity contribution in [2.75, 3.05) is 36.6 Å². The smallest absolute Gasteiger partial charge is 0.150 e. The highest BCUT2D eigenvalue weighted by Gasteiger charge is 2.25. The standard InChI is InChI=1S/C25H32ClN3O4S/c1-17(2)15-34(31,32)16-18-4-7-28(8-5-18)20-6-9-29-13-23(27-25(29)11-20)21-12-22(26)24(33-3)10-19(21)14-30/h6,9-13,17-18,30H,4-5,7-8,14-16H2,1-3H3. The first kappa shape index (κ1) is 24.8. The summed E-state index contributed by atoms with van der Waals surface area (Å²) in [6.07, 6.45) is 5.63. The maximum atomic E-state index is 12.4. The van der Waals surface area contributed by atoms with Gasteiger partial charge in [-0.05, 0) is 48.4 Å². The molecular weight excluding hydrogens is 474 g/mol. The normalized spacial score (nSPS) is 15.4. The molecule has 9 heteroatoms. The van der Waals surface area contributed by atoms with Gasteiger partial charge in [-0.25, -0.2) is 13.4 Å².